The minimum atomic E-state index is -0.379. The quantitative estimate of drug-likeness (QED) is 0.873. The van der Waals surface area contributed by atoms with E-state index in [9.17, 15) is 9.18 Å². The minimum absolute atomic E-state index is 0.158. The summed E-state index contributed by atoms with van der Waals surface area (Å²) in [5.74, 6) is 0.184. The van der Waals surface area contributed by atoms with Crippen LogP contribution in [0.5, 0.6) is 11.5 Å². The molecule has 1 N–H and O–H groups in total. The van der Waals surface area contributed by atoms with Gasteiger partial charge in [-0.05, 0) is 35.4 Å². The van der Waals surface area contributed by atoms with Gasteiger partial charge in [0.1, 0.15) is 5.82 Å². The van der Waals surface area contributed by atoms with Gasteiger partial charge in [0.2, 0.25) is 5.91 Å². The topological polar surface area (TPSA) is 47.6 Å². The monoisotopic (exact) mass is 379 g/mol. The molecule has 2 aromatic carbocycles. The molecule has 0 unspecified atom stereocenters. The molecule has 0 spiro atoms. The number of carbonyl (C=O) groups is 1. The van der Waals surface area contributed by atoms with E-state index < -0.39 is 0 Å². The molecule has 0 aliphatic carbocycles. The Morgan fingerprint density at radius 1 is 1.13 bits per heavy atom. The molecule has 0 saturated heterocycles. The lowest BCUT2D eigenvalue weighted by Gasteiger charge is -2.27. The average Bonchev–Trinajstić information content (AvgIpc) is 2.55. The number of benzene rings is 2. The zero-order chi connectivity index (χ0) is 16.6. The number of nitrogens with one attached hydrogen (secondary N) is 1. The first kappa shape index (κ1) is 15.8. The maximum Gasteiger partial charge on any atom is 0.225 e. The number of hydrogen-bond acceptors (Lipinski definition) is 3. The summed E-state index contributed by atoms with van der Waals surface area (Å²) in [6.45, 7) is 0. The highest BCUT2D eigenvalue weighted by atomic mass is 79.9. The van der Waals surface area contributed by atoms with Gasteiger partial charge in [0.25, 0.3) is 0 Å². The van der Waals surface area contributed by atoms with Crippen molar-refractivity contribution in [2.45, 2.75) is 12.3 Å². The predicted molar refractivity (Wildman–Crippen MR) is 88.7 cm³/mol. The van der Waals surface area contributed by atoms with E-state index in [-0.39, 0.29) is 24.1 Å². The van der Waals surface area contributed by atoms with Crippen LogP contribution in [-0.4, -0.2) is 20.1 Å². The third-order valence-electron chi connectivity index (χ3n) is 3.93. The van der Waals surface area contributed by atoms with Crippen LogP contribution < -0.4 is 14.8 Å². The summed E-state index contributed by atoms with van der Waals surface area (Å²) in [5.41, 5.74) is 1.89. The number of ether oxygens (including phenoxy) is 2. The molecular formula is C17H15BrFNO3. The van der Waals surface area contributed by atoms with E-state index in [1.54, 1.807) is 31.4 Å². The molecule has 0 radical (unpaired) electrons. The number of fused-ring (bicyclic) bond motifs is 1. The Morgan fingerprint density at radius 3 is 2.52 bits per heavy atom. The van der Waals surface area contributed by atoms with Crippen molar-refractivity contribution in [2.24, 2.45) is 0 Å². The number of hydrogen-bond donors (Lipinski definition) is 1. The maximum atomic E-state index is 14.3. The summed E-state index contributed by atoms with van der Waals surface area (Å²) in [7, 11) is 3.07. The lowest BCUT2D eigenvalue weighted by molar-refractivity contribution is -0.116. The summed E-state index contributed by atoms with van der Waals surface area (Å²) in [5, 5.41) is 2.81. The molecule has 1 heterocycles. The van der Waals surface area contributed by atoms with E-state index in [0.29, 0.717) is 22.7 Å². The van der Waals surface area contributed by atoms with Crippen molar-refractivity contribution < 1.29 is 18.7 Å². The summed E-state index contributed by atoms with van der Waals surface area (Å²) in [6.07, 6.45) is 0.176. The number of amides is 1. The van der Waals surface area contributed by atoms with E-state index in [0.717, 1.165) is 10.0 Å². The lowest BCUT2D eigenvalue weighted by Crippen LogP contribution is -2.24. The molecule has 0 aromatic heterocycles. The minimum Gasteiger partial charge on any atom is -0.493 e. The fraction of sp³-hybridized carbons (Fsp3) is 0.235. The number of rotatable bonds is 3. The zero-order valence-corrected chi connectivity index (χ0v) is 14.2. The predicted octanol–water partition coefficient (Wildman–Crippen LogP) is 4.08. The van der Waals surface area contributed by atoms with Crippen LogP contribution in [0.1, 0.15) is 23.5 Å². The van der Waals surface area contributed by atoms with Gasteiger partial charge in [-0.3, -0.25) is 4.79 Å². The highest BCUT2D eigenvalue weighted by Crippen LogP contribution is 2.43. The molecule has 23 heavy (non-hydrogen) atoms. The second-order valence-corrected chi connectivity index (χ2v) is 6.18. The van der Waals surface area contributed by atoms with Gasteiger partial charge in [-0.2, -0.15) is 0 Å². The van der Waals surface area contributed by atoms with Crippen LogP contribution in [0.15, 0.2) is 34.8 Å². The standard InChI is InChI=1S/C17H15BrFNO3/c1-22-15-6-12-10(11-5-9(18)3-4-13(11)19)7-17(21)20-14(12)8-16(15)23-2/h3-6,8,10H,7H2,1-2H3,(H,20,21)/t10-/m1/s1. The smallest absolute Gasteiger partial charge is 0.225 e. The van der Waals surface area contributed by atoms with Crippen molar-refractivity contribution in [3.05, 3.63) is 51.7 Å². The Labute approximate surface area is 141 Å². The van der Waals surface area contributed by atoms with E-state index in [4.69, 9.17) is 9.47 Å². The molecule has 0 bridgehead atoms. The Balaban J connectivity index is 2.18. The Hall–Kier alpha value is -2.08. The van der Waals surface area contributed by atoms with Gasteiger partial charge in [0.15, 0.2) is 11.5 Å². The fourth-order valence-corrected chi connectivity index (χ4v) is 3.23. The average molecular weight is 380 g/mol. The number of methoxy groups -OCH3 is 2. The van der Waals surface area contributed by atoms with Gasteiger partial charge in [0.05, 0.1) is 14.2 Å². The van der Waals surface area contributed by atoms with Gasteiger partial charge in [-0.15, -0.1) is 0 Å². The summed E-state index contributed by atoms with van der Waals surface area (Å²) in [4.78, 5) is 12.0. The van der Waals surface area contributed by atoms with Crippen LogP contribution in [0.3, 0.4) is 0 Å². The number of halogens is 2. The van der Waals surface area contributed by atoms with Crippen LogP contribution in [-0.2, 0) is 4.79 Å². The van der Waals surface area contributed by atoms with Gasteiger partial charge < -0.3 is 14.8 Å². The van der Waals surface area contributed by atoms with Gasteiger partial charge in [-0.25, -0.2) is 4.39 Å². The van der Waals surface area contributed by atoms with Crippen molar-refractivity contribution >= 4 is 27.5 Å². The second-order valence-electron chi connectivity index (χ2n) is 5.27. The first-order valence-corrected chi connectivity index (χ1v) is 7.83. The summed E-state index contributed by atoms with van der Waals surface area (Å²) < 4.78 is 25.7. The molecule has 0 fully saturated rings. The molecule has 1 aliphatic heterocycles. The van der Waals surface area contributed by atoms with Crippen LogP contribution in [0.4, 0.5) is 10.1 Å². The van der Waals surface area contributed by atoms with Crippen molar-refractivity contribution in [2.75, 3.05) is 19.5 Å². The molecule has 0 saturated carbocycles. The van der Waals surface area contributed by atoms with Crippen molar-refractivity contribution in [1.82, 2.24) is 0 Å². The molecule has 6 heteroatoms. The molecule has 3 rings (SSSR count). The third-order valence-corrected chi connectivity index (χ3v) is 4.42. The molecule has 4 nitrogen and oxygen atoms in total. The SMILES string of the molecule is COc1cc2c(cc1OC)[C@@H](c1cc(Br)ccc1F)CC(=O)N2. The molecule has 1 aliphatic rings. The first-order valence-electron chi connectivity index (χ1n) is 7.04. The largest absolute Gasteiger partial charge is 0.493 e. The Bertz CT molecular complexity index is 779. The molecular weight excluding hydrogens is 365 g/mol. The Morgan fingerprint density at radius 2 is 1.83 bits per heavy atom. The molecule has 1 amide bonds. The van der Waals surface area contributed by atoms with Crippen LogP contribution in [0.25, 0.3) is 0 Å². The molecule has 120 valence electrons. The van der Waals surface area contributed by atoms with Gasteiger partial charge in [0, 0.05) is 28.6 Å². The van der Waals surface area contributed by atoms with Crippen LogP contribution in [0, 0.1) is 5.82 Å². The maximum absolute atomic E-state index is 14.3. The highest BCUT2D eigenvalue weighted by Gasteiger charge is 2.30. The zero-order valence-electron chi connectivity index (χ0n) is 12.7. The normalized spacial score (nSPS) is 16.5. The van der Waals surface area contributed by atoms with Crippen molar-refractivity contribution in [3.63, 3.8) is 0 Å². The van der Waals surface area contributed by atoms with E-state index in [2.05, 4.69) is 21.2 Å². The highest BCUT2D eigenvalue weighted by molar-refractivity contribution is 9.10. The number of carbonyl (C=O) groups excluding carboxylic acids is 1. The van der Waals surface area contributed by atoms with Gasteiger partial charge in [-0.1, -0.05) is 15.9 Å². The van der Waals surface area contributed by atoms with E-state index >= 15 is 0 Å². The van der Waals surface area contributed by atoms with E-state index in [1.165, 1.54) is 13.2 Å². The van der Waals surface area contributed by atoms with Crippen LogP contribution >= 0.6 is 15.9 Å². The molecule has 2 aromatic rings. The lowest BCUT2D eigenvalue weighted by atomic mass is 9.84. The molecule has 1 atom stereocenters. The van der Waals surface area contributed by atoms with Crippen molar-refractivity contribution in [1.29, 1.82) is 0 Å². The second kappa shape index (κ2) is 6.20. The van der Waals surface area contributed by atoms with Gasteiger partial charge >= 0.3 is 0 Å². The van der Waals surface area contributed by atoms with Crippen molar-refractivity contribution in [3.8, 4) is 11.5 Å². The third kappa shape index (κ3) is 2.91. The first-order chi connectivity index (χ1) is 11.0. The summed E-state index contributed by atoms with van der Waals surface area (Å²) >= 11 is 3.36. The summed E-state index contributed by atoms with van der Waals surface area (Å²) in [6, 6.07) is 8.23. The van der Waals surface area contributed by atoms with Crippen LogP contribution in [0.2, 0.25) is 0 Å². The Kier molecular flexibility index (Phi) is 4.26. The number of anilines is 1. The van der Waals surface area contributed by atoms with E-state index in [1.807, 2.05) is 0 Å². The fourth-order valence-electron chi connectivity index (χ4n) is 2.85.